The summed E-state index contributed by atoms with van der Waals surface area (Å²) in [5.41, 5.74) is 2.26. The minimum atomic E-state index is -3.96. The molecule has 1 atom stereocenters. The summed E-state index contributed by atoms with van der Waals surface area (Å²) < 4.78 is 27.3. The highest BCUT2D eigenvalue weighted by Gasteiger charge is 2.31. The summed E-state index contributed by atoms with van der Waals surface area (Å²) in [7, 11) is -3.96. The summed E-state index contributed by atoms with van der Waals surface area (Å²) in [6.07, 6.45) is 0.803. The van der Waals surface area contributed by atoms with Crippen molar-refractivity contribution in [2.45, 2.75) is 36.1 Å². The molecule has 1 saturated heterocycles. The Morgan fingerprint density at radius 1 is 1.14 bits per heavy atom. The highest BCUT2D eigenvalue weighted by molar-refractivity contribution is 7.91. The first-order valence-electron chi connectivity index (χ1n) is 9.42. The van der Waals surface area contributed by atoms with Gasteiger partial charge in [-0.1, -0.05) is 17.7 Å². The van der Waals surface area contributed by atoms with Crippen LogP contribution in [0.15, 0.2) is 46.2 Å². The predicted molar refractivity (Wildman–Crippen MR) is 113 cm³/mol. The van der Waals surface area contributed by atoms with Crippen LogP contribution in [0.25, 0.3) is 10.9 Å². The summed E-state index contributed by atoms with van der Waals surface area (Å²) in [6.45, 7) is 5.18. The van der Waals surface area contributed by atoms with Gasteiger partial charge in [0.15, 0.2) is 0 Å². The zero-order chi connectivity index (χ0) is 20.8. The molecule has 2 aromatic carbocycles. The molecule has 0 radical (unpaired) electrons. The molecule has 0 aliphatic carbocycles. The second kappa shape index (κ2) is 7.48. The fraction of sp³-hybridized carbons (Fsp3) is 0.286. The van der Waals surface area contributed by atoms with E-state index < -0.39 is 15.7 Å². The summed E-state index contributed by atoms with van der Waals surface area (Å²) >= 11 is 6.15. The van der Waals surface area contributed by atoms with E-state index >= 15 is 0 Å². The first-order valence-corrected chi connectivity index (χ1v) is 11.3. The summed E-state index contributed by atoms with van der Waals surface area (Å²) in [6, 6.07) is 10.0. The second-order valence-corrected chi connectivity index (χ2v) is 9.83. The van der Waals surface area contributed by atoms with Gasteiger partial charge in [-0.15, -0.1) is 0 Å². The number of halogens is 1. The van der Waals surface area contributed by atoms with Gasteiger partial charge in [-0.25, -0.2) is 8.42 Å². The lowest BCUT2D eigenvalue weighted by Crippen LogP contribution is -2.37. The van der Waals surface area contributed by atoms with Crippen molar-refractivity contribution in [1.29, 1.82) is 0 Å². The Hall–Kier alpha value is -2.35. The van der Waals surface area contributed by atoms with E-state index in [2.05, 4.69) is 15.6 Å². The van der Waals surface area contributed by atoms with Gasteiger partial charge in [0.25, 0.3) is 5.91 Å². The van der Waals surface area contributed by atoms with E-state index in [0.29, 0.717) is 22.5 Å². The minimum Gasteiger partial charge on any atom is -0.349 e. The molecule has 0 saturated carbocycles. The summed E-state index contributed by atoms with van der Waals surface area (Å²) in [4.78, 5) is 16.1. The normalized spacial score (nSPS) is 17.0. The lowest BCUT2D eigenvalue weighted by atomic mass is 10.2. The third kappa shape index (κ3) is 3.77. The molecule has 4 rings (SSSR count). The lowest BCUT2D eigenvalue weighted by molar-refractivity contribution is 0.0932. The number of amides is 1. The van der Waals surface area contributed by atoms with Gasteiger partial charge < -0.3 is 15.6 Å². The lowest BCUT2D eigenvalue weighted by Gasteiger charge is -2.13. The fourth-order valence-electron chi connectivity index (χ4n) is 3.82. The largest absolute Gasteiger partial charge is 0.349 e. The van der Waals surface area contributed by atoms with Gasteiger partial charge in [-0.2, -0.15) is 0 Å². The zero-order valence-electron chi connectivity index (χ0n) is 16.2. The number of aromatic nitrogens is 1. The molecular weight excluding hydrogens is 410 g/mol. The number of hydrogen-bond donors (Lipinski definition) is 3. The van der Waals surface area contributed by atoms with Gasteiger partial charge in [-0.05, 0) is 68.3 Å². The molecular formula is C21H22ClN3O3S. The maximum atomic E-state index is 13.6. The van der Waals surface area contributed by atoms with E-state index in [0.717, 1.165) is 24.1 Å². The standard InChI is InChI=1S/C21H22ClN3O3S/c1-12-7-13(2)9-16(8-12)29(27,28)20-17-10-14(22)3-4-18(17)25-19(20)21(26)24-15-5-6-23-11-15/h3-4,7-10,15,23,25H,5-6,11H2,1-2H3,(H,24,26)/t15-/m1/s1. The molecule has 3 aromatic rings. The van der Waals surface area contributed by atoms with Crippen molar-refractivity contribution >= 4 is 38.2 Å². The van der Waals surface area contributed by atoms with Crippen LogP contribution in [0.1, 0.15) is 28.0 Å². The average molecular weight is 432 g/mol. The number of benzene rings is 2. The van der Waals surface area contributed by atoms with E-state index in [9.17, 15) is 13.2 Å². The highest BCUT2D eigenvalue weighted by Crippen LogP contribution is 2.34. The van der Waals surface area contributed by atoms with Gasteiger partial charge in [-0.3, -0.25) is 4.79 Å². The van der Waals surface area contributed by atoms with Crippen molar-refractivity contribution < 1.29 is 13.2 Å². The van der Waals surface area contributed by atoms with Crippen LogP contribution in [-0.4, -0.2) is 38.4 Å². The summed E-state index contributed by atoms with van der Waals surface area (Å²) in [5.74, 6) is -0.436. The Bertz CT molecular complexity index is 1190. The third-order valence-electron chi connectivity index (χ3n) is 5.11. The average Bonchev–Trinajstić information content (AvgIpc) is 3.28. The number of sulfone groups is 1. The smallest absolute Gasteiger partial charge is 0.269 e. The van der Waals surface area contributed by atoms with Crippen LogP contribution in [0.2, 0.25) is 5.02 Å². The van der Waals surface area contributed by atoms with Gasteiger partial charge in [0.05, 0.1) is 4.90 Å². The van der Waals surface area contributed by atoms with E-state index in [1.54, 1.807) is 30.3 Å². The molecule has 29 heavy (non-hydrogen) atoms. The second-order valence-electron chi connectivity index (χ2n) is 7.51. The molecule has 8 heteroatoms. The van der Waals surface area contributed by atoms with Crippen molar-refractivity contribution in [2.75, 3.05) is 13.1 Å². The Labute approximate surface area is 174 Å². The van der Waals surface area contributed by atoms with Crippen molar-refractivity contribution in [3.05, 3.63) is 58.2 Å². The molecule has 3 N–H and O–H groups in total. The quantitative estimate of drug-likeness (QED) is 0.590. The number of aromatic amines is 1. The van der Waals surface area contributed by atoms with Crippen molar-refractivity contribution in [1.82, 2.24) is 15.6 Å². The van der Waals surface area contributed by atoms with Crippen molar-refractivity contribution in [2.24, 2.45) is 0 Å². The molecule has 1 amide bonds. The molecule has 1 aromatic heterocycles. The van der Waals surface area contributed by atoms with Crippen LogP contribution < -0.4 is 10.6 Å². The Balaban J connectivity index is 1.91. The Kier molecular flexibility index (Phi) is 5.14. The van der Waals surface area contributed by atoms with Crippen LogP contribution in [-0.2, 0) is 9.84 Å². The van der Waals surface area contributed by atoms with E-state index in [1.807, 2.05) is 19.9 Å². The van der Waals surface area contributed by atoms with Crippen LogP contribution >= 0.6 is 11.6 Å². The SMILES string of the molecule is Cc1cc(C)cc(S(=O)(=O)c2c(C(=O)N[C@@H]3CCNC3)[nH]c3ccc(Cl)cc23)c1. The first kappa shape index (κ1) is 19.9. The maximum Gasteiger partial charge on any atom is 0.269 e. The molecule has 1 aliphatic rings. The Morgan fingerprint density at radius 3 is 2.52 bits per heavy atom. The van der Waals surface area contributed by atoms with Crippen molar-refractivity contribution in [3.63, 3.8) is 0 Å². The van der Waals surface area contributed by atoms with Gasteiger partial charge >= 0.3 is 0 Å². The first-order chi connectivity index (χ1) is 13.8. The molecule has 2 heterocycles. The van der Waals surface area contributed by atoms with E-state index in [4.69, 9.17) is 11.6 Å². The fourth-order valence-corrected chi connectivity index (χ4v) is 5.78. The number of carbonyl (C=O) groups is 1. The predicted octanol–water partition coefficient (Wildman–Crippen LogP) is 3.36. The molecule has 6 nitrogen and oxygen atoms in total. The minimum absolute atomic E-state index is 0.0331. The van der Waals surface area contributed by atoms with Crippen LogP contribution in [0, 0.1) is 13.8 Å². The number of hydrogen-bond acceptors (Lipinski definition) is 4. The van der Waals surface area contributed by atoms with E-state index in [-0.39, 0.29) is 21.5 Å². The number of aryl methyl sites for hydroxylation is 2. The van der Waals surface area contributed by atoms with Crippen LogP contribution in [0.4, 0.5) is 0 Å². The molecule has 1 fully saturated rings. The van der Waals surface area contributed by atoms with E-state index in [1.165, 1.54) is 0 Å². The monoisotopic (exact) mass is 431 g/mol. The molecule has 152 valence electrons. The number of fused-ring (bicyclic) bond motifs is 1. The van der Waals surface area contributed by atoms with Gasteiger partial charge in [0.2, 0.25) is 9.84 Å². The Morgan fingerprint density at radius 2 is 1.86 bits per heavy atom. The summed E-state index contributed by atoms with van der Waals surface area (Å²) in [5, 5.41) is 6.92. The zero-order valence-corrected chi connectivity index (χ0v) is 17.7. The van der Waals surface area contributed by atoms with Crippen LogP contribution in [0.5, 0.6) is 0 Å². The number of H-pyrrole nitrogens is 1. The van der Waals surface area contributed by atoms with Gasteiger partial charge in [0, 0.05) is 28.5 Å². The van der Waals surface area contributed by atoms with Crippen LogP contribution in [0.3, 0.4) is 0 Å². The molecule has 1 aliphatic heterocycles. The number of rotatable bonds is 4. The number of carbonyl (C=O) groups excluding carboxylic acids is 1. The molecule has 0 unspecified atom stereocenters. The third-order valence-corrected chi connectivity index (χ3v) is 7.16. The maximum absolute atomic E-state index is 13.6. The molecule has 0 spiro atoms. The van der Waals surface area contributed by atoms with Gasteiger partial charge in [0.1, 0.15) is 10.6 Å². The van der Waals surface area contributed by atoms with Crippen molar-refractivity contribution in [3.8, 4) is 0 Å². The topological polar surface area (TPSA) is 91.1 Å². The highest BCUT2D eigenvalue weighted by atomic mass is 35.5. The number of nitrogens with one attached hydrogen (secondary N) is 3. The molecule has 0 bridgehead atoms.